The Labute approximate surface area is 93.3 Å². The highest BCUT2D eigenvalue weighted by Gasteiger charge is 2.19. The van der Waals surface area contributed by atoms with Gasteiger partial charge in [0, 0.05) is 0 Å². The van der Waals surface area contributed by atoms with Gasteiger partial charge in [0.2, 0.25) is 0 Å². The Morgan fingerprint density at radius 3 is 2.47 bits per heavy atom. The molecule has 0 spiro atoms. The summed E-state index contributed by atoms with van der Waals surface area (Å²) >= 11 is 1.56. The highest BCUT2D eigenvalue weighted by Crippen LogP contribution is 2.25. The fraction of sp³-hybridized carbons (Fsp3) is 0.417. The summed E-state index contributed by atoms with van der Waals surface area (Å²) in [6.07, 6.45) is 0. The van der Waals surface area contributed by atoms with Gasteiger partial charge in [-0.1, -0.05) is 23.7 Å². The smallest absolute Gasteiger partial charge is 0.268 e. The van der Waals surface area contributed by atoms with Gasteiger partial charge in [-0.3, -0.25) is 8.75 Å². The molecular weight excluding hydrogens is 206 g/mol. The second kappa shape index (κ2) is 3.20. The van der Waals surface area contributed by atoms with Crippen molar-refractivity contribution in [3.8, 4) is 0 Å². The van der Waals surface area contributed by atoms with Gasteiger partial charge in [-0.2, -0.15) is 0 Å². The van der Waals surface area contributed by atoms with Gasteiger partial charge in [-0.05, 0) is 39.3 Å². The third-order valence-electron chi connectivity index (χ3n) is 2.42. The third kappa shape index (κ3) is 1.61. The molecule has 0 aliphatic carbocycles. The van der Waals surface area contributed by atoms with Crippen LogP contribution in [-0.4, -0.2) is 3.96 Å². The van der Waals surface area contributed by atoms with Crippen LogP contribution >= 0.6 is 11.5 Å². The largest absolute Gasteiger partial charge is 0.269 e. The van der Waals surface area contributed by atoms with E-state index in [-0.39, 0.29) is 11.1 Å². The zero-order valence-corrected chi connectivity index (χ0v) is 10.3. The number of aromatic nitrogens is 1. The van der Waals surface area contributed by atoms with Crippen LogP contribution in [0.4, 0.5) is 0 Å². The molecule has 0 bridgehead atoms. The predicted octanol–water partition coefficient (Wildman–Crippen LogP) is 3.13. The topological polar surface area (TPSA) is 22.0 Å². The van der Waals surface area contributed by atoms with Gasteiger partial charge < -0.3 is 0 Å². The van der Waals surface area contributed by atoms with Crippen LogP contribution in [0, 0.1) is 6.92 Å². The number of rotatable bonds is 0. The van der Waals surface area contributed by atoms with Crippen molar-refractivity contribution in [1.82, 2.24) is 3.96 Å². The Hall–Kier alpha value is -1.09. The lowest BCUT2D eigenvalue weighted by molar-refractivity contribution is 0.420. The summed E-state index contributed by atoms with van der Waals surface area (Å²) in [5, 5.41) is 0.843. The first-order chi connectivity index (χ1) is 6.91. The maximum absolute atomic E-state index is 12.1. The van der Waals surface area contributed by atoms with Crippen LogP contribution < -0.4 is 5.56 Å². The molecule has 0 N–H and O–H groups in total. The van der Waals surface area contributed by atoms with Crippen molar-refractivity contribution in [2.24, 2.45) is 0 Å². The average molecular weight is 221 g/mol. The molecule has 0 fully saturated rings. The molecule has 2 rings (SSSR count). The number of hydrogen-bond acceptors (Lipinski definition) is 2. The van der Waals surface area contributed by atoms with Crippen molar-refractivity contribution in [2.75, 3.05) is 0 Å². The van der Waals surface area contributed by atoms with Crippen LogP contribution in [0.5, 0.6) is 0 Å². The predicted molar refractivity (Wildman–Crippen MR) is 65.8 cm³/mol. The molecule has 80 valence electrons. The maximum atomic E-state index is 12.1. The van der Waals surface area contributed by atoms with E-state index in [4.69, 9.17) is 0 Å². The van der Waals surface area contributed by atoms with Gasteiger partial charge in [0.1, 0.15) is 0 Å². The van der Waals surface area contributed by atoms with Crippen LogP contribution in [0.2, 0.25) is 0 Å². The fourth-order valence-electron chi connectivity index (χ4n) is 1.63. The van der Waals surface area contributed by atoms with Crippen LogP contribution in [0.3, 0.4) is 0 Å². The van der Waals surface area contributed by atoms with E-state index < -0.39 is 0 Å². The summed E-state index contributed by atoms with van der Waals surface area (Å²) in [6.45, 7) is 8.21. The molecule has 2 aromatic rings. The number of aryl methyl sites for hydroxylation is 1. The first-order valence-electron chi connectivity index (χ1n) is 5.03. The maximum Gasteiger partial charge on any atom is 0.269 e. The van der Waals surface area contributed by atoms with Gasteiger partial charge in [0.05, 0.1) is 15.6 Å². The first kappa shape index (κ1) is 10.4. The number of benzene rings is 1. The molecule has 0 atom stereocenters. The molecule has 0 radical (unpaired) electrons. The summed E-state index contributed by atoms with van der Waals surface area (Å²) in [4.78, 5) is 12.1. The van der Waals surface area contributed by atoms with Gasteiger partial charge in [0.15, 0.2) is 0 Å². The summed E-state index contributed by atoms with van der Waals surface area (Å²) in [5.74, 6) is 0. The van der Waals surface area contributed by atoms with Crippen molar-refractivity contribution >= 4 is 21.6 Å². The van der Waals surface area contributed by atoms with Gasteiger partial charge in [-0.25, -0.2) is 0 Å². The summed E-state index contributed by atoms with van der Waals surface area (Å²) in [5.41, 5.74) is 1.18. The second-order valence-electron chi connectivity index (χ2n) is 4.81. The average Bonchev–Trinajstić information content (AvgIpc) is 2.45. The number of nitrogens with zero attached hydrogens (tertiary/aromatic N) is 1. The Bertz CT molecular complexity index is 557. The highest BCUT2D eigenvalue weighted by atomic mass is 32.1. The lowest BCUT2D eigenvalue weighted by atomic mass is 10.1. The standard InChI is InChI=1S/C12H15NOS/c1-8-6-5-7-9-10(8)15-13(11(9)14)12(2,3)4/h5-7H,1-4H3. The van der Waals surface area contributed by atoms with Gasteiger partial charge >= 0.3 is 0 Å². The zero-order chi connectivity index (χ0) is 11.2. The van der Waals surface area contributed by atoms with Crippen LogP contribution in [0.1, 0.15) is 26.3 Å². The molecule has 1 heterocycles. The van der Waals surface area contributed by atoms with Crippen molar-refractivity contribution in [1.29, 1.82) is 0 Å². The Kier molecular flexibility index (Phi) is 2.23. The third-order valence-corrected chi connectivity index (χ3v) is 4.04. The fourth-order valence-corrected chi connectivity index (χ4v) is 2.73. The first-order valence-corrected chi connectivity index (χ1v) is 5.81. The second-order valence-corrected chi connectivity index (χ2v) is 5.77. The van der Waals surface area contributed by atoms with Crippen molar-refractivity contribution in [2.45, 2.75) is 33.2 Å². The quantitative estimate of drug-likeness (QED) is 0.670. The van der Waals surface area contributed by atoms with E-state index in [0.29, 0.717) is 0 Å². The molecule has 1 aromatic carbocycles. The molecule has 0 saturated carbocycles. The number of fused-ring (bicyclic) bond motifs is 1. The van der Waals surface area contributed by atoms with E-state index in [9.17, 15) is 4.79 Å². The van der Waals surface area contributed by atoms with E-state index in [2.05, 4.69) is 20.8 Å². The van der Waals surface area contributed by atoms with E-state index in [1.54, 1.807) is 11.5 Å². The summed E-state index contributed by atoms with van der Waals surface area (Å²) in [6, 6.07) is 5.90. The molecule has 2 nitrogen and oxygen atoms in total. The molecule has 1 aromatic heterocycles. The minimum atomic E-state index is -0.132. The van der Waals surface area contributed by atoms with E-state index in [1.807, 2.05) is 29.1 Å². The Balaban J connectivity index is 2.87. The zero-order valence-electron chi connectivity index (χ0n) is 9.50. The SMILES string of the molecule is Cc1cccc2c(=O)n(C(C)(C)C)sc12. The van der Waals surface area contributed by atoms with Crippen molar-refractivity contribution in [3.63, 3.8) is 0 Å². The molecule has 0 aliphatic rings. The summed E-state index contributed by atoms with van der Waals surface area (Å²) < 4.78 is 2.96. The monoisotopic (exact) mass is 221 g/mol. The Morgan fingerprint density at radius 2 is 1.93 bits per heavy atom. The van der Waals surface area contributed by atoms with Crippen molar-refractivity contribution < 1.29 is 0 Å². The molecule has 0 saturated heterocycles. The van der Waals surface area contributed by atoms with Crippen LogP contribution in [0.15, 0.2) is 23.0 Å². The molecule has 0 unspecified atom stereocenters. The van der Waals surface area contributed by atoms with Crippen molar-refractivity contribution in [3.05, 3.63) is 34.1 Å². The van der Waals surface area contributed by atoms with E-state index in [0.717, 1.165) is 10.1 Å². The van der Waals surface area contributed by atoms with E-state index in [1.165, 1.54) is 5.56 Å². The minimum absolute atomic E-state index is 0.131. The lowest BCUT2D eigenvalue weighted by Gasteiger charge is -2.18. The van der Waals surface area contributed by atoms with E-state index >= 15 is 0 Å². The van der Waals surface area contributed by atoms with Crippen LogP contribution in [-0.2, 0) is 5.54 Å². The normalized spacial score (nSPS) is 12.3. The molecule has 15 heavy (non-hydrogen) atoms. The summed E-state index contributed by atoms with van der Waals surface area (Å²) in [7, 11) is 0. The lowest BCUT2D eigenvalue weighted by Crippen LogP contribution is -2.29. The molecule has 0 aliphatic heterocycles. The molecule has 3 heteroatoms. The van der Waals surface area contributed by atoms with Crippen LogP contribution in [0.25, 0.3) is 10.1 Å². The minimum Gasteiger partial charge on any atom is -0.268 e. The van der Waals surface area contributed by atoms with Gasteiger partial charge in [-0.15, -0.1) is 0 Å². The Morgan fingerprint density at radius 1 is 1.27 bits per heavy atom. The molecule has 0 amide bonds. The van der Waals surface area contributed by atoms with Gasteiger partial charge in [0.25, 0.3) is 5.56 Å². The number of hydrogen-bond donors (Lipinski definition) is 0. The molecular formula is C12H15NOS. The highest BCUT2D eigenvalue weighted by molar-refractivity contribution is 7.14.